The van der Waals surface area contributed by atoms with Gasteiger partial charge in [0.2, 0.25) is 5.78 Å². The molecule has 31 heavy (non-hydrogen) atoms. The lowest BCUT2D eigenvalue weighted by Gasteiger charge is -2.18. The van der Waals surface area contributed by atoms with Crippen molar-refractivity contribution in [2.45, 2.75) is 0 Å². The lowest BCUT2D eigenvalue weighted by molar-refractivity contribution is 0.101. The molecule has 0 bridgehead atoms. The van der Waals surface area contributed by atoms with E-state index in [9.17, 15) is 9.59 Å². The van der Waals surface area contributed by atoms with E-state index in [1.165, 1.54) is 0 Å². The number of halogens is 1. The summed E-state index contributed by atoms with van der Waals surface area (Å²) >= 11 is 3.36. The third-order valence-corrected chi connectivity index (χ3v) is 5.48. The van der Waals surface area contributed by atoms with Crippen molar-refractivity contribution < 1.29 is 23.5 Å². The van der Waals surface area contributed by atoms with Crippen molar-refractivity contribution in [2.75, 3.05) is 18.5 Å². The molecule has 0 atom stereocenters. The Morgan fingerprint density at radius 1 is 0.839 bits per heavy atom. The van der Waals surface area contributed by atoms with Gasteiger partial charge in [-0.15, -0.1) is 0 Å². The number of ether oxygens (including phenoxy) is 2. The largest absolute Gasteiger partial charge is 0.486 e. The maximum atomic E-state index is 13.3. The Labute approximate surface area is 185 Å². The van der Waals surface area contributed by atoms with Crippen LogP contribution in [0.25, 0.3) is 11.0 Å². The van der Waals surface area contributed by atoms with Crippen LogP contribution in [-0.4, -0.2) is 24.9 Å². The lowest BCUT2D eigenvalue weighted by atomic mass is 10.1. The number of anilines is 1. The number of carbonyl (C=O) groups is 2. The monoisotopic (exact) mass is 477 g/mol. The number of hydrogen-bond donors (Lipinski definition) is 1. The van der Waals surface area contributed by atoms with Gasteiger partial charge in [-0.25, -0.2) is 0 Å². The zero-order valence-corrected chi connectivity index (χ0v) is 17.8. The highest BCUT2D eigenvalue weighted by Gasteiger charge is 2.25. The van der Waals surface area contributed by atoms with Crippen molar-refractivity contribution in [3.05, 3.63) is 88.1 Å². The molecule has 2 heterocycles. The summed E-state index contributed by atoms with van der Waals surface area (Å²) in [7, 11) is 0. The second kappa shape index (κ2) is 7.92. The Bertz CT molecular complexity index is 1310. The first-order valence-corrected chi connectivity index (χ1v) is 10.4. The van der Waals surface area contributed by atoms with E-state index in [4.69, 9.17) is 13.9 Å². The van der Waals surface area contributed by atoms with E-state index in [0.29, 0.717) is 52.5 Å². The van der Waals surface area contributed by atoms with E-state index < -0.39 is 0 Å². The first-order chi connectivity index (χ1) is 15.1. The molecule has 0 unspecified atom stereocenters. The summed E-state index contributed by atoms with van der Waals surface area (Å²) in [6.45, 7) is 0.889. The van der Waals surface area contributed by atoms with Gasteiger partial charge in [-0.3, -0.25) is 9.59 Å². The maximum absolute atomic E-state index is 13.3. The van der Waals surface area contributed by atoms with Gasteiger partial charge in [0.05, 0.1) is 5.69 Å². The minimum absolute atomic E-state index is 0.0586. The number of amides is 1. The van der Waals surface area contributed by atoms with Gasteiger partial charge in [0.15, 0.2) is 17.3 Å². The summed E-state index contributed by atoms with van der Waals surface area (Å²) < 4.78 is 17.9. The molecule has 1 aliphatic rings. The summed E-state index contributed by atoms with van der Waals surface area (Å²) in [5, 5.41) is 3.50. The van der Waals surface area contributed by atoms with Crippen LogP contribution in [0, 0.1) is 0 Å². The average molecular weight is 478 g/mol. The van der Waals surface area contributed by atoms with Gasteiger partial charge in [-0.1, -0.05) is 28.1 Å². The average Bonchev–Trinajstić information content (AvgIpc) is 3.17. The molecule has 0 saturated heterocycles. The van der Waals surface area contributed by atoms with Crippen LogP contribution >= 0.6 is 15.9 Å². The van der Waals surface area contributed by atoms with Gasteiger partial charge < -0.3 is 19.2 Å². The van der Waals surface area contributed by atoms with Gasteiger partial charge in [0.25, 0.3) is 5.91 Å². The van der Waals surface area contributed by atoms with Crippen LogP contribution in [-0.2, 0) is 0 Å². The third kappa shape index (κ3) is 3.68. The molecule has 4 aromatic rings. The number of nitrogens with one attached hydrogen (secondary N) is 1. The lowest BCUT2D eigenvalue weighted by Crippen LogP contribution is -2.16. The van der Waals surface area contributed by atoms with Gasteiger partial charge in [-0.05, 0) is 54.6 Å². The fraction of sp³-hybridized carbons (Fsp3) is 0.0833. The van der Waals surface area contributed by atoms with Gasteiger partial charge >= 0.3 is 0 Å². The normalized spacial score (nSPS) is 12.5. The number of benzene rings is 3. The first-order valence-electron chi connectivity index (χ1n) is 9.63. The Balaban J connectivity index is 1.55. The van der Waals surface area contributed by atoms with Crippen LogP contribution in [0.15, 0.2) is 75.6 Å². The molecule has 1 aliphatic heterocycles. The molecule has 0 saturated carbocycles. The van der Waals surface area contributed by atoms with Crippen LogP contribution < -0.4 is 14.8 Å². The zero-order chi connectivity index (χ0) is 21.4. The van der Waals surface area contributed by atoms with Gasteiger partial charge in [0.1, 0.15) is 18.8 Å². The highest BCUT2D eigenvalue weighted by atomic mass is 79.9. The molecule has 154 valence electrons. The fourth-order valence-corrected chi connectivity index (χ4v) is 3.70. The number of carbonyl (C=O) groups excluding carboxylic acids is 2. The van der Waals surface area contributed by atoms with Crippen molar-refractivity contribution in [1.82, 2.24) is 0 Å². The molecule has 1 N–H and O–H groups in total. The minimum Gasteiger partial charge on any atom is -0.486 e. The maximum Gasteiger partial charge on any atom is 0.255 e. The molecule has 0 fully saturated rings. The van der Waals surface area contributed by atoms with Crippen LogP contribution in [0.4, 0.5) is 5.69 Å². The molecule has 1 aromatic heterocycles. The van der Waals surface area contributed by atoms with Crippen molar-refractivity contribution in [2.24, 2.45) is 0 Å². The molecular weight excluding hydrogens is 462 g/mol. The third-order valence-electron chi connectivity index (χ3n) is 4.95. The van der Waals surface area contributed by atoms with E-state index in [-0.39, 0.29) is 17.5 Å². The molecule has 0 radical (unpaired) electrons. The van der Waals surface area contributed by atoms with Crippen molar-refractivity contribution in [3.63, 3.8) is 0 Å². The second-order valence-electron chi connectivity index (χ2n) is 6.95. The van der Waals surface area contributed by atoms with Gasteiger partial charge in [-0.2, -0.15) is 0 Å². The number of para-hydroxylation sites is 1. The topological polar surface area (TPSA) is 77.8 Å². The van der Waals surface area contributed by atoms with E-state index in [0.717, 1.165) is 4.47 Å². The summed E-state index contributed by atoms with van der Waals surface area (Å²) in [5.74, 6) is 0.461. The quantitative estimate of drug-likeness (QED) is 0.395. The second-order valence-corrected chi connectivity index (χ2v) is 7.87. The van der Waals surface area contributed by atoms with Crippen molar-refractivity contribution in [3.8, 4) is 11.5 Å². The number of ketones is 1. The molecule has 1 amide bonds. The Morgan fingerprint density at radius 3 is 2.35 bits per heavy atom. The Hall–Kier alpha value is -3.58. The van der Waals surface area contributed by atoms with Crippen molar-refractivity contribution >= 4 is 44.3 Å². The van der Waals surface area contributed by atoms with E-state index in [2.05, 4.69) is 21.2 Å². The first kappa shape index (κ1) is 19.4. The smallest absolute Gasteiger partial charge is 0.255 e. The highest BCUT2D eigenvalue weighted by Crippen LogP contribution is 2.35. The van der Waals surface area contributed by atoms with Crippen molar-refractivity contribution in [1.29, 1.82) is 0 Å². The minimum atomic E-state index is -0.362. The van der Waals surface area contributed by atoms with Crippen LogP contribution in [0.2, 0.25) is 0 Å². The Morgan fingerprint density at radius 2 is 1.55 bits per heavy atom. The van der Waals surface area contributed by atoms with Crippen LogP contribution in [0.5, 0.6) is 11.5 Å². The summed E-state index contributed by atoms with van der Waals surface area (Å²) in [5.41, 5.74) is 1.69. The van der Waals surface area contributed by atoms with E-state index >= 15 is 0 Å². The number of rotatable bonds is 4. The predicted molar refractivity (Wildman–Crippen MR) is 119 cm³/mol. The van der Waals surface area contributed by atoms with Crippen LogP contribution in [0.3, 0.4) is 0 Å². The van der Waals surface area contributed by atoms with Gasteiger partial charge in [0, 0.05) is 21.0 Å². The van der Waals surface area contributed by atoms with Crippen LogP contribution in [0.1, 0.15) is 26.5 Å². The standard InChI is InChI=1S/C24H16BrNO5/c25-16-8-5-14(6-9-16)24(28)26-21-17-3-1-2-4-18(17)31-23(21)22(27)15-7-10-19-20(13-15)30-12-11-29-19/h1-10,13H,11-12H2,(H,26,28). The molecule has 0 spiro atoms. The summed E-state index contributed by atoms with van der Waals surface area (Å²) in [4.78, 5) is 26.2. The van der Waals surface area contributed by atoms with E-state index in [1.54, 1.807) is 54.6 Å². The molecule has 3 aromatic carbocycles. The highest BCUT2D eigenvalue weighted by molar-refractivity contribution is 9.10. The predicted octanol–water partition coefficient (Wildman–Crippen LogP) is 5.45. The summed E-state index contributed by atoms with van der Waals surface area (Å²) in [6.07, 6.45) is 0. The molecule has 6 nitrogen and oxygen atoms in total. The number of hydrogen-bond acceptors (Lipinski definition) is 5. The molecular formula is C24H16BrNO5. The zero-order valence-electron chi connectivity index (χ0n) is 16.2. The number of fused-ring (bicyclic) bond motifs is 2. The molecule has 5 rings (SSSR count). The summed E-state index contributed by atoms with van der Waals surface area (Å²) in [6, 6.07) is 19.1. The SMILES string of the molecule is O=C(Nc1c(C(=O)c2ccc3c(c2)OCCO3)oc2ccccc12)c1ccc(Br)cc1. The fourth-order valence-electron chi connectivity index (χ4n) is 3.43. The number of furan rings is 1. The molecule has 7 heteroatoms. The molecule has 0 aliphatic carbocycles. The van der Waals surface area contributed by atoms with E-state index in [1.807, 2.05) is 12.1 Å². The Kier molecular flexibility index (Phi) is 4.95.